The summed E-state index contributed by atoms with van der Waals surface area (Å²) in [5.74, 6) is 0. The molecule has 1 saturated heterocycles. The quantitative estimate of drug-likeness (QED) is 0.672. The largest absolute Gasteiger partial charge is 0.378 e. The molecule has 0 aliphatic carbocycles. The van der Waals surface area contributed by atoms with Gasteiger partial charge in [0, 0.05) is 12.6 Å². The van der Waals surface area contributed by atoms with Crippen molar-refractivity contribution in [3.8, 4) is 0 Å². The van der Waals surface area contributed by atoms with Gasteiger partial charge in [0.25, 0.3) is 0 Å². The van der Waals surface area contributed by atoms with Crippen LogP contribution in [0.1, 0.15) is 17.5 Å². The molecule has 2 heterocycles. The molecule has 2 heteroatoms. The van der Waals surface area contributed by atoms with Crippen molar-refractivity contribution in [2.75, 3.05) is 13.2 Å². The van der Waals surface area contributed by atoms with Gasteiger partial charge < -0.3 is 4.74 Å². The summed E-state index contributed by atoms with van der Waals surface area (Å²) in [5, 5.41) is 2.68. The number of benzene rings is 3. The first kappa shape index (κ1) is 15.8. The average molecular weight is 341 g/mol. The van der Waals surface area contributed by atoms with Crippen LogP contribution in [0, 0.1) is 0 Å². The highest BCUT2D eigenvalue weighted by Crippen LogP contribution is 2.36. The fourth-order valence-corrected chi connectivity index (χ4v) is 4.41. The SMILES string of the molecule is C1=C(c2cccc3ccccc23)CC2COCC1N2Cc1ccccc1. The van der Waals surface area contributed by atoms with Gasteiger partial charge in [0.1, 0.15) is 0 Å². The van der Waals surface area contributed by atoms with Gasteiger partial charge in [-0.15, -0.1) is 0 Å². The first-order chi connectivity index (χ1) is 12.9. The standard InChI is InChI=1S/C24H23NO/c1-2-7-18(8-3-1)15-25-21-13-20(14-22(25)17-26-16-21)24-12-6-10-19-9-4-5-11-23(19)24/h1-13,21-22H,14-17H2. The zero-order chi connectivity index (χ0) is 17.3. The number of morpholine rings is 1. The third kappa shape index (κ3) is 2.86. The van der Waals surface area contributed by atoms with Crippen LogP contribution in [-0.2, 0) is 11.3 Å². The molecule has 3 aromatic carbocycles. The van der Waals surface area contributed by atoms with Crippen LogP contribution in [0.4, 0.5) is 0 Å². The molecule has 1 fully saturated rings. The van der Waals surface area contributed by atoms with Crippen molar-refractivity contribution in [3.63, 3.8) is 0 Å². The number of ether oxygens (including phenoxy) is 1. The Morgan fingerprint density at radius 2 is 1.65 bits per heavy atom. The highest BCUT2D eigenvalue weighted by atomic mass is 16.5. The van der Waals surface area contributed by atoms with Gasteiger partial charge in [-0.3, -0.25) is 4.90 Å². The molecule has 0 aromatic heterocycles. The summed E-state index contributed by atoms with van der Waals surface area (Å²) in [5.41, 5.74) is 4.25. The maximum Gasteiger partial charge on any atom is 0.0658 e. The Hall–Kier alpha value is -2.42. The predicted octanol–water partition coefficient (Wildman–Crippen LogP) is 4.90. The van der Waals surface area contributed by atoms with E-state index in [1.165, 1.54) is 27.5 Å². The van der Waals surface area contributed by atoms with Crippen LogP contribution in [0.25, 0.3) is 16.3 Å². The van der Waals surface area contributed by atoms with Crippen molar-refractivity contribution in [1.82, 2.24) is 4.90 Å². The summed E-state index contributed by atoms with van der Waals surface area (Å²) < 4.78 is 5.89. The Kier molecular flexibility index (Phi) is 4.08. The minimum atomic E-state index is 0.358. The third-order valence-electron chi connectivity index (χ3n) is 5.69. The fraction of sp³-hybridized carbons (Fsp3) is 0.250. The lowest BCUT2D eigenvalue weighted by Gasteiger charge is -2.45. The molecule has 0 amide bonds. The second-order valence-electron chi connectivity index (χ2n) is 7.34. The molecule has 0 radical (unpaired) electrons. The Balaban J connectivity index is 1.50. The van der Waals surface area contributed by atoms with Gasteiger partial charge in [-0.05, 0) is 33.9 Å². The highest BCUT2D eigenvalue weighted by molar-refractivity contribution is 5.94. The van der Waals surface area contributed by atoms with E-state index in [9.17, 15) is 0 Å². The molecule has 0 N–H and O–H groups in total. The molecule has 130 valence electrons. The van der Waals surface area contributed by atoms with E-state index in [2.05, 4.69) is 83.8 Å². The maximum atomic E-state index is 5.89. The number of rotatable bonds is 3. The van der Waals surface area contributed by atoms with E-state index in [0.717, 1.165) is 26.2 Å². The number of fused-ring (bicyclic) bond motifs is 3. The van der Waals surface area contributed by atoms with E-state index in [-0.39, 0.29) is 0 Å². The molecular weight excluding hydrogens is 318 g/mol. The Morgan fingerprint density at radius 1 is 0.846 bits per heavy atom. The summed E-state index contributed by atoms with van der Waals surface area (Å²) in [7, 11) is 0. The Morgan fingerprint density at radius 3 is 2.54 bits per heavy atom. The summed E-state index contributed by atoms with van der Waals surface area (Å²) in [6.45, 7) is 2.61. The summed E-state index contributed by atoms with van der Waals surface area (Å²) in [6.07, 6.45) is 3.50. The van der Waals surface area contributed by atoms with Crippen molar-refractivity contribution < 1.29 is 4.74 Å². The Labute approximate surface area is 154 Å². The number of hydrogen-bond acceptors (Lipinski definition) is 2. The van der Waals surface area contributed by atoms with Gasteiger partial charge in [-0.1, -0.05) is 78.9 Å². The summed E-state index contributed by atoms with van der Waals surface area (Å²) >= 11 is 0. The molecular formula is C24H23NO. The minimum Gasteiger partial charge on any atom is -0.378 e. The maximum absolute atomic E-state index is 5.89. The van der Waals surface area contributed by atoms with Crippen LogP contribution in [0.15, 0.2) is 78.9 Å². The van der Waals surface area contributed by atoms with E-state index >= 15 is 0 Å². The van der Waals surface area contributed by atoms with Gasteiger partial charge >= 0.3 is 0 Å². The van der Waals surface area contributed by atoms with Crippen molar-refractivity contribution >= 4 is 16.3 Å². The molecule has 2 aliphatic heterocycles. The van der Waals surface area contributed by atoms with E-state index in [1.807, 2.05) is 0 Å². The molecule has 2 unspecified atom stereocenters. The van der Waals surface area contributed by atoms with Crippen LogP contribution in [0.2, 0.25) is 0 Å². The van der Waals surface area contributed by atoms with Gasteiger partial charge in [-0.25, -0.2) is 0 Å². The topological polar surface area (TPSA) is 12.5 Å². The van der Waals surface area contributed by atoms with Crippen LogP contribution in [0.3, 0.4) is 0 Å². The molecule has 2 atom stereocenters. The van der Waals surface area contributed by atoms with E-state index in [4.69, 9.17) is 4.74 Å². The second kappa shape index (κ2) is 6.71. The first-order valence-electron chi connectivity index (χ1n) is 9.45. The predicted molar refractivity (Wildman–Crippen MR) is 107 cm³/mol. The molecule has 2 aliphatic rings. The first-order valence-corrected chi connectivity index (χ1v) is 9.45. The molecule has 3 aromatic rings. The van der Waals surface area contributed by atoms with E-state index in [1.54, 1.807) is 0 Å². The molecule has 5 rings (SSSR count). The van der Waals surface area contributed by atoms with Crippen LogP contribution < -0.4 is 0 Å². The smallest absolute Gasteiger partial charge is 0.0658 e. The average Bonchev–Trinajstić information content (AvgIpc) is 2.68. The van der Waals surface area contributed by atoms with Crippen molar-refractivity contribution in [1.29, 1.82) is 0 Å². The van der Waals surface area contributed by atoms with Gasteiger partial charge in [0.15, 0.2) is 0 Å². The Bertz CT molecular complexity index is 941. The van der Waals surface area contributed by atoms with E-state index < -0.39 is 0 Å². The normalized spacial score (nSPS) is 23.0. The van der Waals surface area contributed by atoms with Gasteiger partial charge in [0.2, 0.25) is 0 Å². The van der Waals surface area contributed by atoms with Crippen molar-refractivity contribution in [3.05, 3.63) is 90.0 Å². The lowest BCUT2D eigenvalue weighted by Crippen LogP contribution is -2.53. The summed E-state index contributed by atoms with van der Waals surface area (Å²) in [4.78, 5) is 2.62. The van der Waals surface area contributed by atoms with Crippen LogP contribution in [0.5, 0.6) is 0 Å². The van der Waals surface area contributed by atoms with Crippen molar-refractivity contribution in [2.45, 2.75) is 25.0 Å². The molecule has 0 saturated carbocycles. The molecule has 0 spiro atoms. The zero-order valence-electron chi connectivity index (χ0n) is 14.8. The molecule has 26 heavy (non-hydrogen) atoms. The fourth-order valence-electron chi connectivity index (χ4n) is 4.41. The second-order valence-corrected chi connectivity index (χ2v) is 7.34. The van der Waals surface area contributed by atoms with Crippen LogP contribution in [-0.4, -0.2) is 30.2 Å². The van der Waals surface area contributed by atoms with Crippen molar-refractivity contribution in [2.24, 2.45) is 0 Å². The monoisotopic (exact) mass is 341 g/mol. The van der Waals surface area contributed by atoms with E-state index in [0.29, 0.717) is 12.1 Å². The lowest BCUT2D eigenvalue weighted by atomic mass is 9.87. The van der Waals surface area contributed by atoms with Gasteiger partial charge in [-0.2, -0.15) is 0 Å². The summed E-state index contributed by atoms with van der Waals surface area (Å²) in [6, 6.07) is 27.0. The van der Waals surface area contributed by atoms with Gasteiger partial charge in [0.05, 0.1) is 19.3 Å². The molecule has 2 bridgehead atoms. The minimum absolute atomic E-state index is 0.358. The highest BCUT2D eigenvalue weighted by Gasteiger charge is 2.35. The number of nitrogens with zero attached hydrogens (tertiary/aromatic N) is 1. The third-order valence-corrected chi connectivity index (χ3v) is 5.69. The lowest BCUT2D eigenvalue weighted by molar-refractivity contribution is -0.0402. The number of hydrogen-bond donors (Lipinski definition) is 0. The molecule has 2 nitrogen and oxygen atoms in total. The van der Waals surface area contributed by atoms with Crippen LogP contribution >= 0.6 is 0 Å². The zero-order valence-corrected chi connectivity index (χ0v) is 14.8.